The summed E-state index contributed by atoms with van der Waals surface area (Å²) in [5.74, 6) is 0.715. The molecule has 0 saturated carbocycles. The standard InChI is InChI=1S/C15H24N2O2/c1-12(17-10-6-5-9-15(16)18)11-13-7-3-4-8-14(13)19-2/h3-4,7-8,12,17H,5-6,9-11H2,1-2H3,(H2,16,18). The van der Waals surface area contributed by atoms with Crippen LogP contribution in [0.5, 0.6) is 5.75 Å². The quantitative estimate of drug-likeness (QED) is 0.669. The van der Waals surface area contributed by atoms with Gasteiger partial charge in [-0.15, -0.1) is 0 Å². The van der Waals surface area contributed by atoms with E-state index in [4.69, 9.17) is 10.5 Å². The second-order valence-electron chi connectivity index (χ2n) is 4.79. The van der Waals surface area contributed by atoms with Gasteiger partial charge in [-0.2, -0.15) is 0 Å². The van der Waals surface area contributed by atoms with Gasteiger partial charge in [0.05, 0.1) is 7.11 Å². The number of nitrogens with one attached hydrogen (secondary N) is 1. The lowest BCUT2D eigenvalue weighted by Gasteiger charge is -2.15. The Balaban J connectivity index is 2.27. The van der Waals surface area contributed by atoms with Crippen molar-refractivity contribution in [3.05, 3.63) is 29.8 Å². The summed E-state index contributed by atoms with van der Waals surface area (Å²) in [4.78, 5) is 10.6. The molecule has 4 nitrogen and oxygen atoms in total. The molecule has 0 fully saturated rings. The maximum Gasteiger partial charge on any atom is 0.217 e. The fraction of sp³-hybridized carbons (Fsp3) is 0.533. The van der Waals surface area contributed by atoms with E-state index in [0.717, 1.165) is 31.6 Å². The van der Waals surface area contributed by atoms with Crippen molar-refractivity contribution in [2.75, 3.05) is 13.7 Å². The molecule has 1 atom stereocenters. The summed E-state index contributed by atoms with van der Waals surface area (Å²) in [6.45, 7) is 3.06. The van der Waals surface area contributed by atoms with Crippen molar-refractivity contribution < 1.29 is 9.53 Å². The fourth-order valence-corrected chi connectivity index (χ4v) is 2.05. The minimum atomic E-state index is -0.220. The van der Waals surface area contributed by atoms with Crippen molar-refractivity contribution in [2.24, 2.45) is 5.73 Å². The van der Waals surface area contributed by atoms with Crippen LogP contribution in [-0.2, 0) is 11.2 Å². The van der Waals surface area contributed by atoms with Crippen LogP contribution in [0.3, 0.4) is 0 Å². The number of carbonyl (C=O) groups is 1. The Morgan fingerprint density at radius 2 is 2.11 bits per heavy atom. The van der Waals surface area contributed by atoms with Gasteiger partial charge in [0.25, 0.3) is 0 Å². The molecule has 19 heavy (non-hydrogen) atoms. The SMILES string of the molecule is COc1ccccc1CC(C)NCCCCC(N)=O. The van der Waals surface area contributed by atoms with Crippen molar-refractivity contribution in [3.63, 3.8) is 0 Å². The third kappa shape index (κ3) is 6.25. The molecular formula is C15H24N2O2. The highest BCUT2D eigenvalue weighted by atomic mass is 16.5. The molecule has 3 N–H and O–H groups in total. The maximum absolute atomic E-state index is 10.6. The van der Waals surface area contributed by atoms with Gasteiger partial charge in [0.1, 0.15) is 5.75 Å². The monoisotopic (exact) mass is 264 g/mol. The minimum absolute atomic E-state index is 0.220. The van der Waals surface area contributed by atoms with Gasteiger partial charge in [-0.1, -0.05) is 18.2 Å². The van der Waals surface area contributed by atoms with Crippen LogP contribution in [0.15, 0.2) is 24.3 Å². The van der Waals surface area contributed by atoms with E-state index in [0.29, 0.717) is 12.5 Å². The van der Waals surface area contributed by atoms with Gasteiger partial charge < -0.3 is 15.8 Å². The molecule has 0 saturated heterocycles. The fourth-order valence-electron chi connectivity index (χ4n) is 2.05. The summed E-state index contributed by atoms with van der Waals surface area (Å²) in [6.07, 6.45) is 3.23. The number of nitrogens with two attached hydrogens (primary N) is 1. The predicted octanol–water partition coefficient (Wildman–Crippen LogP) is 1.87. The Morgan fingerprint density at radius 3 is 2.79 bits per heavy atom. The van der Waals surface area contributed by atoms with E-state index in [1.165, 1.54) is 5.56 Å². The Hall–Kier alpha value is -1.55. The summed E-state index contributed by atoms with van der Waals surface area (Å²) < 4.78 is 5.34. The van der Waals surface area contributed by atoms with E-state index < -0.39 is 0 Å². The van der Waals surface area contributed by atoms with E-state index in [9.17, 15) is 4.79 Å². The van der Waals surface area contributed by atoms with Gasteiger partial charge in [-0.3, -0.25) is 4.79 Å². The largest absolute Gasteiger partial charge is 0.496 e. The summed E-state index contributed by atoms with van der Waals surface area (Å²) >= 11 is 0. The van der Waals surface area contributed by atoms with Crippen molar-refractivity contribution in [3.8, 4) is 5.75 Å². The van der Waals surface area contributed by atoms with Gasteiger partial charge >= 0.3 is 0 Å². The second-order valence-corrected chi connectivity index (χ2v) is 4.79. The molecule has 1 aromatic rings. The maximum atomic E-state index is 10.6. The molecule has 1 unspecified atom stereocenters. The first-order chi connectivity index (χ1) is 9.13. The number of hydrogen-bond acceptors (Lipinski definition) is 3. The van der Waals surface area contributed by atoms with Gasteiger partial charge in [0.15, 0.2) is 0 Å². The number of carbonyl (C=O) groups excluding carboxylic acids is 1. The highest BCUT2D eigenvalue weighted by Gasteiger charge is 2.07. The van der Waals surface area contributed by atoms with E-state index >= 15 is 0 Å². The number of unbranched alkanes of at least 4 members (excludes halogenated alkanes) is 1. The van der Waals surface area contributed by atoms with Gasteiger partial charge in [-0.25, -0.2) is 0 Å². The zero-order valence-electron chi connectivity index (χ0n) is 11.8. The highest BCUT2D eigenvalue weighted by Crippen LogP contribution is 2.18. The summed E-state index contributed by atoms with van der Waals surface area (Å²) in [7, 11) is 1.70. The van der Waals surface area contributed by atoms with Crippen LogP contribution in [-0.4, -0.2) is 25.6 Å². The van der Waals surface area contributed by atoms with Crippen LogP contribution in [0.25, 0.3) is 0 Å². The molecule has 0 aliphatic heterocycles. The van der Waals surface area contributed by atoms with Crippen molar-refractivity contribution in [1.82, 2.24) is 5.32 Å². The molecule has 0 heterocycles. The van der Waals surface area contributed by atoms with Gasteiger partial charge in [0, 0.05) is 12.5 Å². The normalized spacial score (nSPS) is 12.1. The van der Waals surface area contributed by atoms with E-state index in [1.54, 1.807) is 7.11 Å². The average molecular weight is 264 g/mol. The molecule has 0 aromatic heterocycles. The lowest BCUT2D eigenvalue weighted by Crippen LogP contribution is -2.29. The van der Waals surface area contributed by atoms with E-state index in [1.807, 2.05) is 18.2 Å². The Labute approximate surface area is 115 Å². The first-order valence-corrected chi connectivity index (χ1v) is 6.77. The van der Waals surface area contributed by atoms with Gasteiger partial charge in [0.2, 0.25) is 5.91 Å². The lowest BCUT2D eigenvalue weighted by molar-refractivity contribution is -0.118. The average Bonchev–Trinajstić information content (AvgIpc) is 2.38. The van der Waals surface area contributed by atoms with Crippen LogP contribution in [0.1, 0.15) is 31.7 Å². The number of primary amides is 1. The van der Waals surface area contributed by atoms with E-state index in [-0.39, 0.29) is 5.91 Å². The zero-order chi connectivity index (χ0) is 14.1. The molecule has 0 aliphatic carbocycles. The number of ether oxygens (including phenoxy) is 1. The van der Waals surface area contributed by atoms with Crippen LogP contribution in [0, 0.1) is 0 Å². The van der Waals surface area contributed by atoms with Crippen LogP contribution in [0.4, 0.5) is 0 Å². The predicted molar refractivity (Wildman–Crippen MR) is 77.2 cm³/mol. The number of hydrogen-bond donors (Lipinski definition) is 2. The van der Waals surface area contributed by atoms with E-state index in [2.05, 4.69) is 18.3 Å². The smallest absolute Gasteiger partial charge is 0.217 e. The summed E-state index contributed by atoms with van der Waals surface area (Å²) in [5, 5.41) is 3.45. The molecular weight excluding hydrogens is 240 g/mol. The number of para-hydroxylation sites is 1. The summed E-state index contributed by atoms with van der Waals surface area (Å²) in [6, 6.07) is 8.45. The van der Waals surface area contributed by atoms with Crippen LogP contribution in [0.2, 0.25) is 0 Å². The molecule has 1 rings (SSSR count). The Bertz CT molecular complexity index is 393. The van der Waals surface area contributed by atoms with Crippen molar-refractivity contribution >= 4 is 5.91 Å². The number of amides is 1. The van der Waals surface area contributed by atoms with Crippen molar-refractivity contribution in [1.29, 1.82) is 0 Å². The highest BCUT2D eigenvalue weighted by molar-refractivity contribution is 5.73. The van der Waals surface area contributed by atoms with Crippen molar-refractivity contribution in [2.45, 2.75) is 38.6 Å². The molecule has 0 radical (unpaired) electrons. The van der Waals surface area contributed by atoms with Crippen LogP contribution >= 0.6 is 0 Å². The second kappa shape index (κ2) is 8.53. The molecule has 1 aromatic carbocycles. The number of methoxy groups -OCH3 is 1. The Kier molecular flexibility index (Phi) is 6.97. The lowest BCUT2D eigenvalue weighted by atomic mass is 10.1. The topological polar surface area (TPSA) is 64.3 Å². The van der Waals surface area contributed by atoms with Gasteiger partial charge in [-0.05, 0) is 44.4 Å². The van der Waals surface area contributed by atoms with Crippen LogP contribution < -0.4 is 15.8 Å². The molecule has 0 bridgehead atoms. The number of rotatable bonds is 9. The third-order valence-electron chi connectivity index (χ3n) is 3.06. The summed E-state index contributed by atoms with van der Waals surface area (Å²) in [5.41, 5.74) is 6.31. The molecule has 106 valence electrons. The minimum Gasteiger partial charge on any atom is -0.496 e. The first-order valence-electron chi connectivity index (χ1n) is 6.77. The zero-order valence-corrected chi connectivity index (χ0v) is 11.8. The molecule has 4 heteroatoms. The molecule has 0 spiro atoms. The number of benzene rings is 1. The third-order valence-corrected chi connectivity index (χ3v) is 3.06. The molecule has 1 amide bonds. The first kappa shape index (κ1) is 15.5. The molecule has 0 aliphatic rings. The Morgan fingerprint density at radius 1 is 1.37 bits per heavy atom.